The number of benzene rings is 1. The second kappa shape index (κ2) is 10.8. The van der Waals surface area contributed by atoms with Gasteiger partial charge in [-0.3, -0.25) is 4.79 Å². The van der Waals surface area contributed by atoms with Gasteiger partial charge in [0.1, 0.15) is 17.5 Å². The van der Waals surface area contributed by atoms with E-state index in [9.17, 15) is 14.9 Å². The minimum Gasteiger partial charge on any atom is -0.462 e. The standard InChI is InChI=1S/C20H19BrN4O3/c1-2-3-10-28-20(27)16-6-4-5-7-17(16)25-19(26)14(11-22)12-23-18-9-8-15(21)13-24-18/h4-9,12-13H,2-3,10H2,1H3,(H,23,24)(H,25,26)/b14-12-. The number of hydrogen-bond donors (Lipinski definition) is 2. The molecule has 0 aliphatic carbocycles. The van der Waals surface area contributed by atoms with Gasteiger partial charge in [-0.1, -0.05) is 25.5 Å². The van der Waals surface area contributed by atoms with Gasteiger partial charge in [-0.25, -0.2) is 9.78 Å². The molecule has 2 aromatic rings. The highest BCUT2D eigenvalue weighted by Gasteiger charge is 2.16. The van der Waals surface area contributed by atoms with E-state index < -0.39 is 11.9 Å². The summed E-state index contributed by atoms with van der Waals surface area (Å²) in [5.74, 6) is -0.700. The van der Waals surface area contributed by atoms with E-state index in [1.165, 1.54) is 6.20 Å². The Labute approximate surface area is 171 Å². The maximum absolute atomic E-state index is 12.4. The van der Waals surface area contributed by atoms with Crippen LogP contribution < -0.4 is 10.6 Å². The number of rotatable bonds is 8. The first-order valence-corrected chi connectivity index (χ1v) is 9.40. The lowest BCUT2D eigenvalue weighted by Gasteiger charge is -2.10. The second-order valence-corrected chi connectivity index (χ2v) is 6.58. The molecule has 1 heterocycles. The van der Waals surface area contributed by atoms with Crippen LogP contribution in [0.4, 0.5) is 11.5 Å². The SMILES string of the molecule is CCCCOC(=O)c1ccccc1NC(=O)/C(C#N)=C\Nc1ccc(Br)cn1. The van der Waals surface area contributed by atoms with E-state index in [-0.39, 0.29) is 16.8 Å². The number of unbranched alkanes of at least 4 members (excludes halogenated alkanes) is 1. The Morgan fingerprint density at radius 2 is 2.07 bits per heavy atom. The fourth-order valence-electron chi connectivity index (χ4n) is 2.10. The Kier molecular flexibility index (Phi) is 8.18. The Bertz CT molecular complexity index is 904. The first-order valence-electron chi connectivity index (χ1n) is 8.61. The van der Waals surface area contributed by atoms with E-state index in [4.69, 9.17) is 4.74 Å². The average Bonchev–Trinajstić information content (AvgIpc) is 2.70. The maximum Gasteiger partial charge on any atom is 0.340 e. The van der Waals surface area contributed by atoms with Crippen molar-refractivity contribution in [3.05, 3.63) is 64.4 Å². The number of halogens is 1. The van der Waals surface area contributed by atoms with Crippen LogP contribution in [-0.2, 0) is 9.53 Å². The molecule has 0 radical (unpaired) electrons. The molecule has 2 N–H and O–H groups in total. The number of nitrogens with zero attached hydrogens (tertiary/aromatic N) is 2. The van der Waals surface area contributed by atoms with E-state index in [0.717, 1.165) is 17.3 Å². The molecule has 0 bridgehead atoms. The van der Waals surface area contributed by atoms with Gasteiger partial charge in [-0.2, -0.15) is 5.26 Å². The predicted molar refractivity (Wildman–Crippen MR) is 110 cm³/mol. The van der Waals surface area contributed by atoms with Gasteiger partial charge in [0.25, 0.3) is 5.91 Å². The Morgan fingerprint density at radius 3 is 2.75 bits per heavy atom. The van der Waals surface area contributed by atoms with Gasteiger partial charge in [0, 0.05) is 16.9 Å². The summed E-state index contributed by atoms with van der Waals surface area (Å²) in [5, 5.41) is 14.7. The van der Waals surface area contributed by atoms with Crippen molar-refractivity contribution in [2.24, 2.45) is 0 Å². The smallest absolute Gasteiger partial charge is 0.340 e. The molecule has 8 heteroatoms. The van der Waals surface area contributed by atoms with Crippen LogP contribution in [0.2, 0.25) is 0 Å². The van der Waals surface area contributed by atoms with Crippen LogP contribution in [-0.4, -0.2) is 23.5 Å². The summed E-state index contributed by atoms with van der Waals surface area (Å²) >= 11 is 3.28. The number of carbonyl (C=O) groups is 2. The van der Waals surface area contributed by atoms with Crippen molar-refractivity contribution >= 4 is 39.3 Å². The van der Waals surface area contributed by atoms with Crippen LogP contribution in [0.25, 0.3) is 0 Å². The average molecular weight is 443 g/mol. The molecule has 2 rings (SSSR count). The van der Waals surface area contributed by atoms with Crippen LogP contribution in [0.5, 0.6) is 0 Å². The highest BCUT2D eigenvalue weighted by molar-refractivity contribution is 9.10. The predicted octanol–water partition coefficient (Wildman–Crippen LogP) is 4.26. The van der Waals surface area contributed by atoms with Crippen molar-refractivity contribution in [3.8, 4) is 6.07 Å². The summed E-state index contributed by atoms with van der Waals surface area (Å²) in [6, 6.07) is 11.8. The third-order valence-electron chi connectivity index (χ3n) is 3.58. The van der Waals surface area contributed by atoms with E-state index in [0.29, 0.717) is 12.4 Å². The van der Waals surface area contributed by atoms with Gasteiger partial charge in [0.2, 0.25) is 0 Å². The number of para-hydroxylation sites is 1. The first-order chi connectivity index (χ1) is 13.5. The molecule has 0 atom stereocenters. The van der Waals surface area contributed by atoms with Gasteiger partial charge in [-0.15, -0.1) is 0 Å². The normalized spacial score (nSPS) is 10.7. The van der Waals surface area contributed by atoms with Crippen LogP contribution in [0.3, 0.4) is 0 Å². The Balaban J connectivity index is 2.10. The van der Waals surface area contributed by atoms with Gasteiger partial charge in [0.15, 0.2) is 0 Å². The van der Waals surface area contributed by atoms with Crippen molar-refractivity contribution < 1.29 is 14.3 Å². The number of anilines is 2. The fraction of sp³-hybridized carbons (Fsp3) is 0.200. The lowest BCUT2D eigenvalue weighted by Crippen LogP contribution is -2.18. The monoisotopic (exact) mass is 442 g/mol. The van der Waals surface area contributed by atoms with Gasteiger partial charge in [0.05, 0.1) is 17.9 Å². The molecule has 0 saturated heterocycles. The molecule has 1 amide bonds. The number of amides is 1. The lowest BCUT2D eigenvalue weighted by molar-refractivity contribution is -0.112. The van der Waals surface area contributed by atoms with Crippen molar-refractivity contribution in [1.82, 2.24) is 4.98 Å². The zero-order valence-electron chi connectivity index (χ0n) is 15.2. The lowest BCUT2D eigenvalue weighted by atomic mass is 10.1. The van der Waals surface area contributed by atoms with Crippen molar-refractivity contribution in [1.29, 1.82) is 5.26 Å². The van der Waals surface area contributed by atoms with Crippen LogP contribution in [0.1, 0.15) is 30.1 Å². The highest BCUT2D eigenvalue weighted by Crippen LogP contribution is 2.18. The van der Waals surface area contributed by atoms with Gasteiger partial charge in [-0.05, 0) is 46.6 Å². The van der Waals surface area contributed by atoms with E-state index >= 15 is 0 Å². The quantitative estimate of drug-likeness (QED) is 0.274. The summed E-state index contributed by atoms with van der Waals surface area (Å²) < 4.78 is 6.01. The molecule has 1 aromatic heterocycles. The zero-order valence-corrected chi connectivity index (χ0v) is 16.8. The minimum atomic E-state index is -0.652. The minimum absolute atomic E-state index is 0.168. The molecule has 28 heavy (non-hydrogen) atoms. The molecular formula is C20H19BrN4O3. The molecule has 0 aliphatic heterocycles. The second-order valence-electron chi connectivity index (χ2n) is 5.66. The number of nitriles is 1. The van der Waals surface area contributed by atoms with E-state index in [2.05, 4.69) is 31.5 Å². The molecule has 0 aliphatic rings. The molecule has 0 spiro atoms. The van der Waals surface area contributed by atoms with Crippen molar-refractivity contribution in [2.75, 3.05) is 17.2 Å². The highest BCUT2D eigenvalue weighted by atomic mass is 79.9. The number of nitrogens with one attached hydrogen (secondary N) is 2. The van der Waals surface area contributed by atoms with Crippen LogP contribution in [0, 0.1) is 11.3 Å². The van der Waals surface area contributed by atoms with E-state index in [1.807, 2.05) is 13.0 Å². The van der Waals surface area contributed by atoms with Crippen molar-refractivity contribution in [3.63, 3.8) is 0 Å². The Morgan fingerprint density at radius 1 is 1.29 bits per heavy atom. The first kappa shape index (κ1) is 21.1. The summed E-state index contributed by atoms with van der Waals surface area (Å²) in [4.78, 5) is 28.7. The van der Waals surface area contributed by atoms with Crippen LogP contribution in [0.15, 0.2) is 58.8 Å². The molecule has 7 nitrogen and oxygen atoms in total. The Hall–Kier alpha value is -3.18. The molecule has 0 fully saturated rings. The summed E-state index contributed by atoms with van der Waals surface area (Å²) in [6.45, 7) is 2.31. The number of esters is 1. The third kappa shape index (κ3) is 6.21. The summed E-state index contributed by atoms with van der Waals surface area (Å²) in [6.07, 6.45) is 4.51. The molecule has 0 unspecified atom stereocenters. The topological polar surface area (TPSA) is 104 Å². The van der Waals surface area contributed by atoms with E-state index in [1.54, 1.807) is 42.6 Å². The number of pyridine rings is 1. The molecule has 1 aromatic carbocycles. The number of carbonyl (C=O) groups excluding carboxylic acids is 2. The summed E-state index contributed by atoms with van der Waals surface area (Å²) in [7, 11) is 0. The maximum atomic E-state index is 12.4. The largest absolute Gasteiger partial charge is 0.462 e. The molecular weight excluding hydrogens is 424 g/mol. The summed E-state index contributed by atoms with van der Waals surface area (Å²) in [5.41, 5.74) is 0.336. The fourth-order valence-corrected chi connectivity index (χ4v) is 2.34. The number of hydrogen-bond acceptors (Lipinski definition) is 6. The van der Waals surface area contributed by atoms with Crippen LogP contribution >= 0.6 is 15.9 Å². The van der Waals surface area contributed by atoms with Gasteiger partial charge < -0.3 is 15.4 Å². The third-order valence-corrected chi connectivity index (χ3v) is 4.05. The number of aromatic nitrogens is 1. The zero-order chi connectivity index (χ0) is 20.4. The molecule has 144 valence electrons. The molecule has 0 saturated carbocycles. The van der Waals surface area contributed by atoms with Crippen molar-refractivity contribution in [2.45, 2.75) is 19.8 Å². The van der Waals surface area contributed by atoms with Gasteiger partial charge >= 0.3 is 5.97 Å². The number of ether oxygens (including phenoxy) is 1.